The van der Waals surface area contributed by atoms with Crippen LogP contribution in [0.25, 0.3) is 0 Å². The van der Waals surface area contributed by atoms with Crippen molar-refractivity contribution in [3.05, 3.63) is 65.2 Å². The van der Waals surface area contributed by atoms with Crippen LogP contribution in [0.1, 0.15) is 46.2 Å². The van der Waals surface area contributed by atoms with Gasteiger partial charge in [-0.25, -0.2) is 4.39 Å². The normalized spacial score (nSPS) is 10.4. The van der Waals surface area contributed by atoms with Gasteiger partial charge in [-0.15, -0.1) is 0 Å². The molecule has 5 nitrogen and oxygen atoms in total. The van der Waals surface area contributed by atoms with Gasteiger partial charge in [0.2, 0.25) is 0 Å². The number of carbonyl (C=O) groups excluding carboxylic acids is 2. The van der Waals surface area contributed by atoms with Crippen molar-refractivity contribution in [2.24, 2.45) is 0 Å². The molecule has 0 unspecified atom stereocenters. The fraction of sp³-hybridized carbons (Fsp3) is 0.350. The molecule has 2 amide bonds. The first-order valence-electron chi connectivity index (χ1n) is 8.75. The summed E-state index contributed by atoms with van der Waals surface area (Å²) in [6, 6.07) is 9.27. The largest absolute Gasteiger partial charge is 0.352 e. The second kappa shape index (κ2) is 9.65. The highest BCUT2D eigenvalue weighted by molar-refractivity contribution is 5.98. The predicted octanol–water partition coefficient (Wildman–Crippen LogP) is 3.07. The van der Waals surface area contributed by atoms with Gasteiger partial charge in [-0.2, -0.15) is 0 Å². The quantitative estimate of drug-likeness (QED) is 0.790. The van der Waals surface area contributed by atoms with Gasteiger partial charge in [0.05, 0.1) is 0 Å². The molecule has 0 saturated heterocycles. The van der Waals surface area contributed by atoms with Crippen molar-refractivity contribution >= 4 is 11.8 Å². The zero-order chi connectivity index (χ0) is 18.9. The molecular weight excluding hydrogens is 333 g/mol. The minimum absolute atomic E-state index is 0.195. The summed E-state index contributed by atoms with van der Waals surface area (Å²) in [6.07, 6.45) is 3.99. The van der Waals surface area contributed by atoms with E-state index in [0.29, 0.717) is 25.1 Å². The molecule has 2 aromatic rings. The van der Waals surface area contributed by atoms with Crippen LogP contribution in [-0.2, 0) is 6.42 Å². The summed E-state index contributed by atoms with van der Waals surface area (Å²) in [5, 5.41) is 2.81. The molecule has 0 radical (unpaired) electrons. The van der Waals surface area contributed by atoms with Crippen molar-refractivity contribution in [2.45, 2.75) is 26.2 Å². The summed E-state index contributed by atoms with van der Waals surface area (Å²) in [5.74, 6) is -0.741. The van der Waals surface area contributed by atoms with E-state index in [2.05, 4.69) is 17.2 Å². The number of carbonyl (C=O) groups is 2. The number of hydrogen-bond donors (Lipinski definition) is 1. The van der Waals surface area contributed by atoms with E-state index < -0.39 is 0 Å². The highest BCUT2D eigenvalue weighted by atomic mass is 19.1. The third-order valence-corrected chi connectivity index (χ3v) is 4.05. The van der Waals surface area contributed by atoms with Crippen LogP contribution in [0.4, 0.5) is 4.39 Å². The van der Waals surface area contributed by atoms with Gasteiger partial charge >= 0.3 is 0 Å². The topological polar surface area (TPSA) is 62.3 Å². The first-order valence-corrected chi connectivity index (χ1v) is 8.75. The lowest BCUT2D eigenvalue weighted by Crippen LogP contribution is -2.29. The van der Waals surface area contributed by atoms with E-state index >= 15 is 0 Å². The summed E-state index contributed by atoms with van der Waals surface area (Å²) < 4.78 is 12.9. The van der Waals surface area contributed by atoms with E-state index in [9.17, 15) is 14.0 Å². The van der Waals surface area contributed by atoms with Crippen LogP contribution < -0.4 is 5.32 Å². The zero-order valence-corrected chi connectivity index (χ0v) is 15.2. The molecule has 0 aliphatic carbocycles. The molecule has 0 aliphatic heterocycles. The van der Waals surface area contributed by atoms with Gasteiger partial charge in [0.25, 0.3) is 11.8 Å². The van der Waals surface area contributed by atoms with Crippen molar-refractivity contribution in [2.75, 3.05) is 20.1 Å². The molecule has 1 aromatic carbocycles. The number of nitrogens with one attached hydrogen (secondary N) is 1. The first kappa shape index (κ1) is 19.6. The molecule has 1 heterocycles. The van der Waals surface area contributed by atoms with Crippen LogP contribution >= 0.6 is 0 Å². The van der Waals surface area contributed by atoms with Gasteiger partial charge in [0.15, 0.2) is 0 Å². The van der Waals surface area contributed by atoms with Gasteiger partial charge in [0.1, 0.15) is 11.5 Å². The minimum Gasteiger partial charge on any atom is -0.352 e. The van der Waals surface area contributed by atoms with Crippen molar-refractivity contribution in [1.29, 1.82) is 0 Å². The number of nitrogens with zero attached hydrogens (tertiary/aromatic N) is 2. The van der Waals surface area contributed by atoms with Crippen LogP contribution in [0.2, 0.25) is 0 Å². The Labute approximate surface area is 153 Å². The second-order valence-corrected chi connectivity index (χ2v) is 6.14. The van der Waals surface area contributed by atoms with Crippen LogP contribution in [0.15, 0.2) is 42.6 Å². The summed E-state index contributed by atoms with van der Waals surface area (Å²) >= 11 is 0. The molecular formula is C20H24FN3O2. The molecule has 6 heteroatoms. The third kappa shape index (κ3) is 5.65. The maximum absolute atomic E-state index is 12.9. The molecule has 0 atom stereocenters. The summed E-state index contributed by atoms with van der Waals surface area (Å²) in [4.78, 5) is 30.3. The number of benzene rings is 1. The Hall–Kier alpha value is -2.76. The lowest BCUT2D eigenvalue weighted by Gasteiger charge is -2.16. The zero-order valence-electron chi connectivity index (χ0n) is 15.2. The molecule has 0 spiro atoms. The first-order chi connectivity index (χ1) is 12.5. The molecule has 1 aromatic heterocycles. The van der Waals surface area contributed by atoms with Crippen molar-refractivity contribution < 1.29 is 14.0 Å². The summed E-state index contributed by atoms with van der Waals surface area (Å²) in [7, 11) is 1.73. The molecule has 0 bridgehead atoms. The van der Waals surface area contributed by atoms with Crippen molar-refractivity contribution in [1.82, 2.24) is 15.2 Å². The Bertz CT molecular complexity index is 747. The van der Waals surface area contributed by atoms with E-state index in [1.807, 2.05) is 0 Å². The van der Waals surface area contributed by atoms with Crippen LogP contribution in [0.5, 0.6) is 0 Å². The predicted molar refractivity (Wildman–Crippen MR) is 98.5 cm³/mol. The van der Waals surface area contributed by atoms with Crippen molar-refractivity contribution in [3.8, 4) is 0 Å². The van der Waals surface area contributed by atoms with E-state index in [1.54, 1.807) is 30.1 Å². The average molecular weight is 357 g/mol. The molecule has 138 valence electrons. The monoisotopic (exact) mass is 357 g/mol. The second-order valence-electron chi connectivity index (χ2n) is 6.14. The number of halogens is 1. The molecule has 2 rings (SSSR count). The number of amides is 2. The maximum Gasteiger partial charge on any atom is 0.272 e. The SMILES string of the molecule is CCCCN(C)C(=O)c1cc(C(=O)NCCc2ccc(F)cc2)ccn1. The molecule has 0 saturated carbocycles. The van der Waals surface area contributed by atoms with Gasteiger partial charge in [0, 0.05) is 31.9 Å². The van der Waals surface area contributed by atoms with Crippen LogP contribution in [0, 0.1) is 5.82 Å². The van der Waals surface area contributed by atoms with E-state index in [1.165, 1.54) is 24.4 Å². The lowest BCUT2D eigenvalue weighted by molar-refractivity contribution is 0.0787. The van der Waals surface area contributed by atoms with Gasteiger partial charge < -0.3 is 10.2 Å². The molecule has 26 heavy (non-hydrogen) atoms. The summed E-state index contributed by atoms with van der Waals surface area (Å²) in [5.41, 5.74) is 1.59. The molecule has 0 aliphatic rings. The van der Waals surface area contributed by atoms with Gasteiger partial charge in [-0.05, 0) is 42.7 Å². The van der Waals surface area contributed by atoms with E-state index in [-0.39, 0.29) is 23.3 Å². The Kier molecular flexibility index (Phi) is 7.26. The number of unbranched alkanes of at least 4 members (excludes halogenated alkanes) is 1. The Morgan fingerprint density at radius 3 is 2.62 bits per heavy atom. The van der Waals surface area contributed by atoms with E-state index in [4.69, 9.17) is 0 Å². The minimum atomic E-state index is -0.282. The number of aromatic nitrogens is 1. The Morgan fingerprint density at radius 1 is 1.19 bits per heavy atom. The standard InChI is InChI=1S/C20H24FN3O2/c1-3-4-13-24(2)20(26)18-14-16(10-12-22-18)19(25)23-11-9-15-5-7-17(21)8-6-15/h5-8,10,12,14H,3-4,9,11,13H2,1-2H3,(H,23,25). The van der Waals surface area contributed by atoms with Gasteiger partial charge in [-0.1, -0.05) is 25.5 Å². The number of rotatable bonds is 8. The summed E-state index contributed by atoms with van der Waals surface area (Å²) in [6.45, 7) is 3.14. The lowest BCUT2D eigenvalue weighted by atomic mass is 10.1. The maximum atomic E-state index is 12.9. The van der Waals surface area contributed by atoms with E-state index in [0.717, 1.165) is 18.4 Å². The Balaban J connectivity index is 1.92. The van der Waals surface area contributed by atoms with Crippen LogP contribution in [0.3, 0.4) is 0 Å². The van der Waals surface area contributed by atoms with Gasteiger partial charge in [-0.3, -0.25) is 14.6 Å². The fourth-order valence-corrected chi connectivity index (χ4v) is 2.45. The average Bonchev–Trinajstić information content (AvgIpc) is 2.67. The highest BCUT2D eigenvalue weighted by Gasteiger charge is 2.15. The molecule has 0 fully saturated rings. The highest BCUT2D eigenvalue weighted by Crippen LogP contribution is 2.07. The third-order valence-electron chi connectivity index (χ3n) is 4.05. The smallest absolute Gasteiger partial charge is 0.272 e. The van der Waals surface area contributed by atoms with Crippen molar-refractivity contribution in [3.63, 3.8) is 0 Å². The molecule has 1 N–H and O–H groups in total. The Morgan fingerprint density at radius 2 is 1.92 bits per heavy atom. The number of pyridine rings is 1. The van der Waals surface area contributed by atoms with Crippen LogP contribution in [-0.4, -0.2) is 41.8 Å². The fourth-order valence-electron chi connectivity index (χ4n) is 2.45. The number of hydrogen-bond acceptors (Lipinski definition) is 3.